The van der Waals surface area contributed by atoms with E-state index in [4.69, 9.17) is 5.73 Å². The highest BCUT2D eigenvalue weighted by molar-refractivity contribution is 5.88. The summed E-state index contributed by atoms with van der Waals surface area (Å²) in [5, 5.41) is 2.63. The van der Waals surface area contributed by atoms with Crippen molar-refractivity contribution in [3.05, 3.63) is 29.8 Å². The van der Waals surface area contributed by atoms with Crippen molar-refractivity contribution in [2.75, 3.05) is 5.32 Å². The molecule has 0 fully saturated rings. The van der Waals surface area contributed by atoms with Crippen LogP contribution in [0.5, 0.6) is 0 Å². The third-order valence-corrected chi connectivity index (χ3v) is 1.66. The van der Waals surface area contributed by atoms with E-state index in [0.29, 0.717) is 5.69 Å². The van der Waals surface area contributed by atoms with Gasteiger partial charge in [0.2, 0.25) is 5.91 Å². The maximum atomic E-state index is 10.7. The predicted molar refractivity (Wildman–Crippen MR) is 82.0 cm³/mol. The summed E-state index contributed by atoms with van der Waals surface area (Å²) in [6.45, 7) is 9.57. The van der Waals surface area contributed by atoms with Gasteiger partial charge in [-0.15, -0.1) is 0 Å². The van der Waals surface area contributed by atoms with Gasteiger partial charge in [0.15, 0.2) is 0 Å². The molecule has 5 heteroatoms. The number of nitrogens with one attached hydrogen (secondary N) is 1. The monoisotopic (exact) mass is 272 g/mol. The number of benzene rings is 1. The zero-order valence-electron chi connectivity index (χ0n) is 12.3. The maximum Gasteiger partial charge on any atom is 0.404 e. The van der Waals surface area contributed by atoms with Gasteiger partial charge in [0.1, 0.15) is 6.61 Å². The van der Waals surface area contributed by atoms with Crippen LogP contribution in [0.1, 0.15) is 43.0 Å². The van der Waals surface area contributed by atoms with Gasteiger partial charge in [0, 0.05) is 15.5 Å². The van der Waals surface area contributed by atoms with Crippen LogP contribution in [0.4, 0.5) is 10.5 Å². The number of anilines is 1. The van der Waals surface area contributed by atoms with Gasteiger partial charge in [-0.05, 0) is 17.7 Å². The molecule has 0 radical (unpaired) electrons. The van der Waals surface area contributed by atoms with E-state index in [-0.39, 0.29) is 15.4 Å². The Morgan fingerprint density at radius 2 is 1.63 bits per heavy atom. The lowest BCUT2D eigenvalue weighted by Gasteiger charge is -2.04. The van der Waals surface area contributed by atoms with Crippen molar-refractivity contribution in [2.24, 2.45) is 5.73 Å². The van der Waals surface area contributed by atoms with Crippen LogP contribution in [-0.4, -0.2) is 12.0 Å². The highest BCUT2D eigenvalue weighted by Crippen LogP contribution is 2.10. The molecule has 0 aliphatic rings. The Bertz CT molecular complexity index is 371. The molecule has 0 aromatic heterocycles. The van der Waals surface area contributed by atoms with Gasteiger partial charge in [-0.1, -0.05) is 39.8 Å². The van der Waals surface area contributed by atoms with Crippen LogP contribution in [0.3, 0.4) is 0 Å². The van der Waals surface area contributed by atoms with Crippen LogP contribution in [0.2, 0.25) is 0 Å². The Morgan fingerprint density at radius 3 is 2.00 bits per heavy atom. The smallest absolute Gasteiger partial charge is 0.404 e. The zero-order valence-corrected chi connectivity index (χ0v) is 12.3. The van der Waals surface area contributed by atoms with E-state index in [9.17, 15) is 9.59 Å². The summed E-state index contributed by atoms with van der Waals surface area (Å²) in [7, 11) is 0. The molecule has 0 saturated carbocycles. The fourth-order valence-electron chi connectivity index (χ4n) is 1.04. The summed E-state index contributed by atoms with van der Waals surface area (Å²) >= 11 is 0. The van der Waals surface area contributed by atoms with Crippen LogP contribution in [0, 0.1) is 0 Å². The van der Waals surface area contributed by atoms with Gasteiger partial charge < -0.3 is 15.8 Å². The molecular weight excluding hydrogens is 244 g/mol. The van der Waals surface area contributed by atoms with Crippen molar-refractivity contribution in [3.63, 3.8) is 0 Å². The number of carbonyl (C=O) groups is 2. The highest BCUT2D eigenvalue weighted by atomic mass is 16.5. The number of hydrogen-bond acceptors (Lipinski definition) is 3. The first-order chi connectivity index (χ1) is 9.08. The minimum Gasteiger partial charge on any atom is -0.445 e. The highest BCUT2D eigenvalue weighted by Gasteiger charge is 1.98. The summed E-state index contributed by atoms with van der Waals surface area (Å²) in [5.74, 6) is -0.129. The van der Waals surface area contributed by atoms with Gasteiger partial charge in [-0.25, -0.2) is 4.79 Å². The third-order valence-electron chi connectivity index (χ3n) is 1.66. The number of primary amides is 1. The summed E-state index contributed by atoms with van der Waals surface area (Å²) in [4.78, 5) is 21.0. The minimum absolute atomic E-state index is 0. The maximum absolute atomic E-state index is 10.7. The minimum atomic E-state index is -0.805. The lowest BCUT2D eigenvalue weighted by Crippen LogP contribution is -2.12. The molecule has 0 atom stereocenters. The van der Waals surface area contributed by atoms with Crippen LogP contribution in [0.25, 0.3) is 0 Å². The van der Waals surface area contributed by atoms with Crippen molar-refractivity contribution in [3.8, 4) is 0 Å². The quantitative estimate of drug-likeness (QED) is 0.878. The standard InChI is InChI=1S/C10H12N2O3.2C2H6.2H2/c1-7(13)12-9-4-2-8(3-5-9)6-15-10(11)14;2*1-2;;/h2-5H,6H2,1H3,(H2,11,14)(H,12,13);2*1-2H3;2*1H. The van der Waals surface area contributed by atoms with Crippen molar-refractivity contribution < 1.29 is 17.2 Å². The number of nitrogens with two attached hydrogens (primary N) is 1. The van der Waals surface area contributed by atoms with Gasteiger partial charge in [0.05, 0.1) is 0 Å². The molecule has 0 unspecified atom stereocenters. The zero-order chi connectivity index (χ0) is 15.3. The van der Waals surface area contributed by atoms with E-state index in [2.05, 4.69) is 10.1 Å². The largest absolute Gasteiger partial charge is 0.445 e. The lowest BCUT2D eigenvalue weighted by atomic mass is 10.2. The molecule has 0 saturated heterocycles. The van der Waals surface area contributed by atoms with Crippen molar-refractivity contribution in [2.45, 2.75) is 41.2 Å². The number of amides is 2. The van der Waals surface area contributed by atoms with Crippen LogP contribution < -0.4 is 11.1 Å². The SMILES string of the molecule is CC.CC.CC(=O)Nc1ccc(COC(N)=O)cc1.[HH].[HH]. The van der Waals surface area contributed by atoms with Gasteiger partial charge >= 0.3 is 6.09 Å². The summed E-state index contributed by atoms with van der Waals surface area (Å²) in [6, 6.07) is 6.94. The molecule has 2 amide bonds. The first-order valence-electron chi connectivity index (χ1n) is 6.36. The molecule has 0 bridgehead atoms. The molecule has 5 nitrogen and oxygen atoms in total. The second-order valence-electron chi connectivity index (χ2n) is 2.99. The van der Waals surface area contributed by atoms with Crippen molar-refractivity contribution >= 4 is 17.7 Å². The predicted octanol–water partition coefficient (Wildman–Crippen LogP) is 3.78. The second kappa shape index (κ2) is 12.4. The Kier molecular flexibility index (Phi) is 12.6. The van der Waals surface area contributed by atoms with Crippen LogP contribution in [0.15, 0.2) is 24.3 Å². The lowest BCUT2D eigenvalue weighted by molar-refractivity contribution is -0.114. The van der Waals surface area contributed by atoms with Crippen molar-refractivity contribution in [1.29, 1.82) is 0 Å². The number of carbonyl (C=O) groups excluding carboxylic acids is 2. The molecular formula is C14H28N2O3. The average molecular weight is 272 g/mol. The Balaban J connectivity index is -0.000000221. The molecule has 19 heavy (non-hydrogen) atoms. The number of rotatable bonds is 3. The van der Waals surface area contributed by atoms with Gasteiger partial charge in [-0.3, -0.25) is 4.79 Å². The summed E-state index contributed by atoms with van der Waals surface area (Å²) < 4.78 is 4.60. The van der Waals surface area contributed by atoms with Gasteiger partial charge in [-0.2, -0.15) is 0 Å². The second-order valence-corrected chi connectivity index (χ2v) is 2.99. The Hall–Kier alpha value is -2.04. The molecule has 0 aliphatic heterocycles. The fraction of sp³-hybridized carbons (Fsp3) is 0.429. The van der Waals surface area contributed by atoms with E-state index >= 15 is 0 Å². The van der Waals surface area contributed by atoms with E-state index in [1.807, 2.05) is 27.7 Å². The normalized spacial score (nSPS) is 8.05. The fourth-order valence-corrected chi connectivity index (χ4v) is 1.04. The number of hydrogen-bond donors (Lipinski definition) is 2. The molecule has 0 aliphatic carbocycles. The molecule has 1 aromatic rings. The van der Waals surface area contributed by atoms with Crippen LogP contribution in [-0.2, 0) is 16.1 Å². The summed E-state index contributed by atoms with van der Waals surface area (Å²) in [6.07, 6.45) is -0.805. The van der Waals surface area contributed by atoms with E-state index in [1.165, 1.54) is 6.92 Å². The Morgan fingerprint density at radius 1 is 1.16 bits per heavy atom. The summed E-state index contributed by atoms with van der Waals surface area (Å²) in [5.41, 5.74) is 6.33. The molecule has 0 heterocycles. The third kappa shape index (κ3) is 10.8. The average Bonchev–Trinajstić information content (AvgIpc) is 2.42. The first-order valence-corrected chi connectivity index (χ1v) is 6.36. The molecule has 3 N–H and O–H groups in total. The molecule has 1 aromatic carbocycles. The molecule has 1 rings (SSSR count). The molecule has 112 valence electrons. The van der Waals surface area contributed by atoms with E-state index in [1.54, 1.807) is 24.3 Å². The van der Waals surface area contributed by atoms with E-state index in [0.717, 1.165) is 5.56 Å². The van der Waals surface area contributed by atoms with Crippen LogP contribution >= 0.6 is 0 Å². The van der Waals surface area contributed by atoms with Crippen molar-refractivity contribution in [1.82, 2.24) is 0 Å². The topological polar surface area (TPSA) is 81.4 Å². The van der Waals surface area contributed by atoms with Gasteiger partial charge in [0.25, 0.3) is 0 Å². The Labute approximate surface area is 118 Å². The van der Waals surface area contributed by atoms with E-state index < -0.39 is 6.09 Å². The number of ether oxygens (including phenoxy) is 1. The molecule has 0 spiro atoms. The first kappa shape index (κ1) is 19.3.